The lowest BCUT2D eigenvalue weighted by Crippen LogP contribution is -2.29. The molecule has 6 nitrogen and oxygen atoms in total. The van der Waals surface area contributed by atoms with E-state index < -0.39 is 0 Å². The summed E-state index contributed by atoms with van der Waals surface area (Å²) >= 11 is 1.44. The molecular weight excluding hydrogens is 376 g/mol. The molecule has 0 saturated carbocycles. The topological polar surface area (TPSA) is 60.4 Å². The van der Waals surface area contributed by atoms with Crippen molar-refractivity contribution in [2.45, 2.75) is 6.54 Å². The third kappa shape index (κ3) is 4.14. The molecule has 0 atom stereocenters. The van der Waals surface area contributed by atoms with Gasteiger partial charge in [-0.1, -0.05) is 30.0 Å². The van der Waals surface area contributed by atoms with Gasteiger partial charge in [-0.2, -0.15) is 0 Å². The first-order valence-corrected chi connectivity index (χ1v) is 9.83. The van der Waals surface area contributed by atoms with Gasteiger partial charge in [-0.25, -0.2) is 4.99 Å². The summed E-state index contributed by atoms with van der Waals surface area (Å²) in [4.78, 5) is 19.1. The third-order valence-corrected chi connectivity index (χ3v) is 4.98. The fourth-order valence-electron chi connectivity index (χ4n) is 2.84. The van der Waals surface area contributed by atoms with Gasteiger partial charge in [0, 0.05) is 0 Å². The lowest BCUT2D eigenvalue weighted by atomic mass is 10.1. The van der Waals surface area contributed by atoms with E-state index >= 15 is 0 Å². The first-order chi connectivity index (χ1) is 13.6. The van der Waals surface area contributed by atoms with E-state index in [0.717, 1.165) is 16.9 Å². The largest absolute Gasteiger partial charge is 0.497 e. The third-order valence-electron chi connectivity index (χ3n) is 4.30. The summed E-state index contributed by atoms with van der Waals surface area (Å²) in [5.41, 5.74) is 2.21. The van der Waals surface area contributed by atoms with Crippen molar-refractivity contribution in [1.82, 2.24) is 4.90 Å². The smallest absolute Gasteiger partial charge is 0.278 e. The average molecular weight is 398 g/mol. The Morgan fingerprint density at radius 3 is 2.32 bits per heavy atom. The molecule has 0 radical (unpaired) electrons. The molecule has 0 spiro atoms. The second-order valence-electron chi connectivity index (χ2n) is 5.98. The summed E-state index contributed by atoms with van der Waals surface area (Å²) < 4.78 is 15.8. The van der Waals surface area contributed by atoms with Gasteiger partial charge >= 0.3 is 0 Å². The van der Waals surface area contributed by atoms with Gasteiger partial charge in [0.25, 0.3) is 5.91 Å². The SMILES string of the molecule is COc1ccc(CN2C(=O)/C(=C/c3ccc(OC)c(OC)c3)N=C2SC)cc1. The summed E-state index contributed by atoms with van der Waals surface area (Å²) in [6.07, 6.45) is 3.67. The Morgan fingerprint density at radius 2 is 1.71 bits per heavy atom. The van der Waals surface area contributed by atoms with Gasteiger partial charge in [0.2, 0.25) is 0 Å². The van der Waals surface area contributed by atoms with Crippen LogP contribution < -0.4 is 14.2 Å². The van der Waals surface area contributed by atoms with E-state index in [1.165, 1.54) is 11.8 Å². The minimum atomic E-state index is -0.130. The summed E-state index contributed by atoms with van der Waals surface area (Å²) in [5.74, 6) is 1.89. The van der Waals surface area contributed by atoms with E-state index in [1.54, 1.807) is 38.4 Å². The first kappa shape index (κ1) is 19.8. The molecule has 2 aromatic rings. The average Bonchev–Trinajstić information content (AvgIpc) is 3.03. The lowest BCUT2D eigenvalue weighted by molar-refractivity contribution is -0.122. The monoisotopic (exact) mass is 398 g/mol. The molecule has 3 rings (SSSR count). The zero-order chi connectivity index (χ0) is 20.1. The van der Waals surface area contributed by atoms with E-state index in [9.17, 15) is 4.79 Å². The van der Waals surface area contributed by atoms with Gasteiger partial charge in [0.1, 0.15) is 11.4 Å². The summed E-state index contributed by atoms with van der Waals surface area (Å²) in [6, 6.07) is 13.1. The van der Waals surface area contributed by atoms with E-state index in [4.69, 9.17) is 14.2 Å². The number of methoxy groups -OCH3 is 3. The number of carbonyl (C=O) groups excluding carboxylic acids is 1. The van der Waals surface area contributed by atoms with Crippen molar-refractivity contribution in [3.63, 3.8) is 0 Å². The molecule has 1 aliphatic rings. The van der Waals surface area contributed by atoms with Crippen LogP contribution in [0.5, 0.6) is 17.2 Å². The fraction of sp³-hybridized carbons (Fsp3) is 0.238. The van der Waals surface area contributed by atoms with Crippen molar-refractivity contribution in [1.29, 1.82) is 0 Å². The Morgan fingerprint density at radius 1 is 1.00 bits per heavy atom. The molecule has 0 unspecified atom stereocenters. The highest BCUT2D eigenvalue weighted by Gasteiger charge is 2.29. The predicted octanol–water partition coefficient (Wildman–Crippen LogP) is 3.81. The maximum absolute atomic E-state index is 12.9. The number of rotatable bonds is 6. The van der Waals surface area contributed by atoms with Crippen LogP contribution in [0.25, 0.3) is 6.08 Å². The highest BCUT2D eigenvalue weighted by Crippen LogP contribution is 2.30. The number of hydrogen-bond acceptors (Lipinski definition) is 6. The van der Waals surface area contributed by atoms with Crippen LogP contribution in [0.3, 0.4) is 0 Å². The number of hydrogen-bond donors (Lipinski definition) is 0. The van der Waals surface area contributed by atoms with Crippen molar-refractivity contribution in [3.05, 3.63) is 59.3 Å². The second-order valence-corrected chi connectivity index (χ2v) is 6.76. The van der Waals surface area contributed by atoms with Crippen LogP contribution in [0.15, 0.2) is 53.2 Å². The Hall–Kier alpha value is -2.93. The standard InChI is InChI=1S/C21H22N2O4S/c1-25-16-8-5-14(6-9-16)13-23-20(24)17(22-21(23)28-4)11-15-7-10-18(26-2)19(12-15)27-3/h5-12H,13H2,1-4H3/b17-11-. The molecule has 146 valence electrons. The van der Waals surface area contributed by atoms with Gasteiger partial charge in [-0.15, -0.1) is 0 Å². The van der Waals surface area contributed by atoms with E-state index in [0.29, 0.717) is 28.9 Å². The van der Waals surface area contributed by atoms with Crippen molar-refractivity contribution < 1.29 is 19.0 Å². The Bertz CT molecular complexity index is 923. The van der Waals surface area contributed by atoms with Crippen molar-refractivity contribution >= 4 is 28.9 Å². The van der Waals surface area contributed by atoms with Crippen LogP contribution in [0.4, 0.5) is 0 Å². The van der Waals surface area contributed by atoms with E-state index in [-0.39, 0.29) is 5.91 Å². The van der Waals surface area contributed by atoms with Crippen LogP contribution in [0.1, 0.15) is 11.1 Å². The maximum atomic E-state index is 12.9. The normalized spacial score (nSPS) is 15.0. The van der Waals surface area contributed by atoms with Crippen LogP contribution >= 0.6 is 11.8 Å². The molecular formula is C21H22N2O4S. The molecule has 0 aliphatic carbocycles. The zero-order valence-electron chi connectivity index (χ0n) is 16.3. The molecule has 2 aromatic carbocycles. The number of amides is 1. The minimum Gasteiger partial charge on any atom is -0.497 e. The highest BCUT2D eigenvalue weighted by atomic mass is 32.2. The first-order valence-electron chi connectivity index (χ1n) is 8.60. The van der Waals surface area contributed by atoms with E-state index in [1.807, 2.05) is 42.7 Å². The molecule has 7 heteroatoms. The zero-order valence-corrected chi connectivity index (χ0v) is 17.1. The Kier molecular flexibility index (Phi) is 6.26. The van der Waals surface area contributed by atoms with Crippen LogP contribution in [0.2, 0.25) is 0 Å². The van der Waals surface area contributed by atoms with Crippen molar-refractivity contribution in [2.24, 2.45) is 4.99 Å². The second kappa shape index (κ2) is 8.84. The Balaban J connectivity index is 1.84. The van der Waals surface area contributed by atoms with Crippen LogP contribution in [0, 0.1) is 0 Å². The number of nitrogens with zero attached hydrogens (tertiary/aromatic N) is 2. The number of benzene rings is 2. The molecule has 0 fully saturated rings. The molecule has 1 amide bonds. The molecule has 0 N–H and O–H groups in total. The minimum absolute atomic E-state index is 0.130. The fourth-order valence-corrected chi connectivity index (χ4v) is 3.40. The van der Waals surface area contributed by atoms with Gasteiger partial charge < -0.3 is 14.2 Å². The number of aliphatic imine (C=N–C) groups is 1. The van der Waals surface area contributed by atoms with Crippen LogP contribution in [-0.2, 0) is 11.3 Å². The molecule has 1 heterocycles. The quantitative estimate of drug-likeness (QED) is 0.693. The lowest BCUT2D eigenvalue weighted by Gasteiger charge is -2.17. The molecule has 1 aliphatic heterocycles. The summed E-state index contributed by atoms with van der Waals surface area (Å²) in [6.45, 7) is 0.450. The van der Waals surface area contributed by atoms with Crippen molar-refractivity contribution in [3.8, 4) is 17.2 Å². The number of ether oxygens (including phenoxy) is 3. The number of thioether (sulfide) groups is 1. The van der Waals surface area contributed by atoms with Gasteiger partial charge in [-0.05, 0) is 47.7 Å². The Labute approximate surface area is 168 Å². The molecule has 0 aromatic heterocycles. The number of amidine groups is 1. The predicted molar refractivity (Wildman–Crippen MR) is 112 cm³/mol. The van der Waals surface area contributed by atoms with Gasteiger partial charge in [0.15, 0.2) is 16.7 Å². The number of carbonyl (C=O) groups is 1. The highest BCUT2D eigenvalue weighted by molar-refractivity contribution is 8.13. The van der Waals surface area contributed by atoms with Gasteiger partial charge in [0.05, 0.1) is 27.9 Å². The molecule has 0 saturated heterocycles. The summed E-state index contributed by atoms with van der Waals surface area (Å²) in [7, 11) is 4.79. The molecule has 28 heavy (non-hydrogen) atoms. The van der Waals surface area contributed by atoms with E-state index in [2.05, 4.69) is 4.99 Å². The maximum Gasteiger partial charge on any atom is 0.278 e. The summed E-state index contributed by atoms with van der Waals surface area (Å²) in [5, 5.41) is 0.674. The van der Waals surface area contributed by atoms with Crippen molar-refractivity contribution in [2.75, 3.05) is 27.6 Å². The molecule has 0 bridgehead atoms. The van der Waals surface area contributed by atoms with Crippen LogP contribution in [-0.4, -0.2) is 43.6 Å². The van der Waals surface area contributed by atoms with Gasteiger partial charge in [-0.3, -0.25) is 9.69 Å².